The van der Waals surface area contributed by atoms with E-state index >= 15 is 0 Å². The van der Waals surface area contributed by atoms with Crippen LogP contribution in [0.3, 0.4) is 0 Å². The molecule has 1 heterocycles. The van der Waals surface area contributed by atoms with Gasteiger partial charge in [0.1, 0.15) is 0 Å². The molecule has 0 unspecified atom stereocenters. The molecule has 2 nitrogen and oxygen atoms in total. The fraction of sp³-hybridized carbons (Fsp3) is 0.357. The fourth-order valence-corrected chi connectivity index (χ4v) is 2.60. The Morgan fingerprint density at radius 1 is 1.12 bits per heavy atom. The first-order chi connectivity index (χ1) is 7.78. The lowest BCUT2D eigenvalue weighted by Gasteiger charge is -2.22. The van der Waals surface area contributed by atoms with Crippen molar-refractivity contribution in [2.24, 2.45) is 0 Å². The molecular weight excluding hydrogens is 198 g/mol. The molecule has 0 amide bonds. The third kappa shape index (κ3) is 1.50. The van der Waals surface area contributed by atoms with Gasteiger partial charge in [0.2, 0.25) is 0 Å². The van der Waals surface area contributed by atoms with E-state index < -0.39 is 5.60 Å². The smallest absolute Gasteiger partial charge is 0.0897 e. The summed E-state index contributed by atoms with van der Waals surface area (Å²) in [5, 5.41) is 11.6. The van der Waals surface area contributed by atoms with Gasteiger partial charge in [0.05, 0.1) is 11.1 Å². The first-order valence-corrected chi connectivity index (χ1v) is 5.86. The number of rotatable bonds is 1. The Hall–Kier alpha value is -1.41. The molecule has 0 atom stereocenters. The van der Waals surface area contributed by atoms with Crippen LogP contribution in [0, 0.1) is 0 Å². The second kappa shape index (κ2) is 3.56. The third-order valence-corrected chi connectivity index (χ3v) is 3.57. The highest BCUT2D eigenvalue weighted by atomic mass is 16.3. The van der Waals surface area contributed by atoms with Crippen LogP contribution in [-0.4, -0.2) is 10.1 Å². The first-order valence-electron chi connectivity index (χ1n) is 5.86. The van der Waals surface area contributed by atoms with Gasteiger partial charge in [-0.15, -0.1) is 0 Å². The number of nitrogens with zero attached hydrogens (tertiary/aromatic N) is 1. The number of pyridine rings is 1. The van der Waals surface area contributed by atoms with E-state index in [0.29, 0.717) is 0 Å². The maximum Gasteiger partial charge on any atom is 0.0897 e. The minimum absolute atomic E-state index is 0.605. The minimum Gasteiger partial charge on any atom is -0.385 e. The summed E-state index contributed by atoms with van der Waals surface area (Å²) >= 11 is 0. The lowest BCUT2D eigenvalue weighted by atomic mass is 9.91. The Kier molecular flexibility index (Phi) is 2.18. The van der Waals surface area contributed by atoms with Crippen molar-refractivity contribution in [1.82, 2.24) is 4.98 Å². The quantitative estimate of drug-likeness (QED) is 0.790. The van der Waals surface area contributed by atoms with E-state index in [-0.39, 0.29) is 0 Å². The van der Waals surface area contributed by atoms with E-state index in [2.05, 4.69) is 4.98 Å². The van der Waals surface area contributed by atoms with Gasteiger partial charge >= 0.3 is 0 Å². The molecule has 0 radical (unpaired) electrons. The Labute approximate surface area is 94.9 Å². The summed E-state index contributed by atoms with van der Waals surface area (Å²) in [6.45, 7) is 0. The molecule has 3 rings (SSSR count). The Morgan fingerprint density at radius 2 is 1.94 bits per heavy atom. The molecule has 1 aliphatic rings. The zero-order chi connectivity index (χ0) is 11.0. The van der Waals surface area contributed by atoms with Crippen LogP contribution in [-0.2, 0) is 5.60 Å². The molecule has 1 fully saturated rings. The number of aromatic nitrogens is 1. The molecule has 1 aromatic heterocycles. The van der Waals surface area contributed by atoms with Gasteiger partial charge in [-0.3, -0.25) is 4.98 Å². The van der Waals surface area contributed by atoms with E-state index in [1.165, 1.54) is 0 Å². The zero-order valence-corrected chi connectivity index (χ0v) is 9.19. The van der Waals surface area contributed by atoms with Crippen LogP contribution in [0.2, 0.25) is 0 Å². The van der Waals surface area contributed by atoms with Crippen molar-refractivity contribution in [2.75, 3.05) is 0 Å². The minimum atomic E-state index is -0.605. The average molecular weight is 213 g/mol. The van der Waals surface area contributed by atoms with Crippen molar-refractivity contribution in [1.29, 1.82) is 0 Å². The Bertz CT molecular complexity index is 515. The molecular formula is C14H15NO. The second-order valence-electron chi connectivity index (χ2n) is 4.65. The standard InChI is InChI=1S/C14H15NO/c16-14(7-1-2-8-14)12-6-5-11-4-3-9-15-13(11)10-12/h3-6,9-10,16H,1-2,7-8H2. The maximum absolute atomic E-state index is 10.5. The van der Waals surface area contributed by atoms with Crippen LogP contribution in [0.4, 0.5) is 0 Å². The highest BCUT2D eigenvalue weighted by molar-refractivity contribution is 5.79. The van der Waals surface area contributed by atoms with Gasteiger partial charge in [0.25, 0.3) is 0 Å². The molecule has 2 aromatic rings. The maximum atomic E-state index is 10.5. The van der Waals surface area contributed by atoms with Gasteiger partial charge in [0, 0.05) is 11.6 Å². The van der Waals surface area contributed by atoms with Gasteiger partial charge in [-0.2, -0.15) is 0 Å². The SMILES string of the molecule is OC1(c2ccc3cccnc3c2)CCCC1. The first kappa shape index (κ1) is 9.79. The lowest BCUT2D eigenvalue weighted by molar-refractivity contribution is 0.0446. The molecule has 1 N–H and O–H groups in total. The molecule has 1 aromatic carbocycles. The van der Waals surface area contributed by atoms with Gasteiger partial charge in [0.15, 0.2) is 0 Å². The summed E-state index contributed by atoms with van der Waals surface area (Å²) in [6.07, 6.45) is 5.80. The molecule has 0 bridgehead atoms. The molecule has 0 saturated heterocycles. The van der Waals surface area contributed by atoms with Crippen molar-refractivity contribution in [3.05, 3.63) is 42.1 Å². The van der Waals surface area contributed by atoms with E-state index in [0.717, 1.165) is 42.1 Å². The molecule has 82 valence electrons. The van der Waals surface area contributed by atoms with E-state index in [1.54, 1.807) is 6.20 Å². The van der Waals surface area contributed by atoms with Crippen molar-refractivity contribution >= 4 is 10.9 Å². The van der Waals surface area contributed by atoms with Crippen molar-refractivity contribution in [3.63, 3.8) is 0 Å². The van der Waals surface area contributed by atoms with Crippen molar-refractivity contribution in [2.45, 2.75) is 31.3 Å². The molecule has 0 aliphatic heterocycles. The third-order valence-electron chi connectivity index (χ3n) is 3.57. The van der Waals surface area contributed by atoms with Crippen LogP contribution in [0.1, 0.15) is 31.2 Å². The van der Waals surface area contributed by atoms with Crippen LogP contribution in [0.5, 0.6) is 0 Å². The summed E-state index contributed by atoms with van der Waals surface area (Å²) in [5.41, 5.74) is 1.39. The summed E-state index contributed by atoms with van der Waals surface area (Å²) in [6, 6.07) is 10.1. The van der Waals surface area contributed by atoms with Gasteiger partial charge in [-0.25, -0.2) is 0 Å². The van der Waals surface area contributed by atoms with Crippen LogP contribution < -0.4 is 0 Å². The largest absolute Gasteiger partial charge is 0.385 e. The highest BCUT2D eigenvalue weighted by Gasteiger charge is 2.32. The van der Waals surface area contributed by atoms with E-state index in [4.69, 9.17) is 0 Å². The van der Waals surface area contributed by atoms with Crippen LogP contribution in [0.15, 0.2) is 36.5 Å². The van der Waals surface area contributed by atoms with E-state index in [1.807, 2.05) is 30.3 Å². The number of benzene rings is 1. The van der Waals surface area contributed by atoms with Crippen LogP contribution >= 0.6 is 0 Å². The highest BCUT2D eigenvalue weighted by Crippen LogP contribution is 2.39. The number of aliphatic hydroxyl groups is 1. The molecule has 1 aliphatic carbocycles. The second-order valence-corrected chi connectivity index (χ2v) is 4.65. The predicted molar refractivity (Wildman–Crippen MR) is 64.1 cm³/mol. The van der Waals surface area contributed by atoms with Gasteiger partial charge < -0.3 is 5.11 Å². The Morgan fingerprint density at radius 3 is 2.75 bits per heavy atom. The molecule has 0 spiro atoms. The molecule has 1 saturated carbocycles. The predicted octanol–water partition coefficient (Wildman–Crippen LogP) is 3.00. The van der Waals surface area contributed by atoms with Gasteiger partial charge in [-0.05, 0) is 30.5 Å². The monoisotopic (exact) mass is 213 g/mol. The van der Waals surface area contributed by atoms with Gasteiger partial charge in [-0.1, -0.05) is 31.0 Å². The fourth-order valence-electron chi connectivity index (χ4n) is 2.60. The normalized spacial score (nSPS) is 19.1. The van der Waals surface area contributed by atoms with E-state index in [9.17, 15) is 5.11 Å². The Balaban J connectivity index is 2.11. The molecule has 2 heteroatoms. The number of hydrogen-bond acceptors (Lipinski definition) is 2. The summed E-state index contributed by atoms with van der Waals surface area (Å²) in [5.74, 6) is 0. The average Bonchev–Trinajstić information content (AvgIpc) is 2.77. The topological polar surface area (TPSA) is 33.1 Å². The van der Waals surface area contributed by atoms with Crippen molar-refractivity contribution in [3.8, 4) is 0 Å². The van der Waals surface area contributed by atoms with Crippen LogP contribution in [0.25, 0.3) is 10.9 Å². The summed E-state index contributed by atoms with van der Waals surface area (Å²) < 4.78 is 0. The molecule has 16 heavy (non-hydrogen) atoms. The summed E-state index contributed by atoms with van der Waals surface area (Å²) in [4.78, 5) is 4.33. The zero-order valence-electron chi connectivity index (χ0n) is 9.19. The number of fused-ring (bicyclic) bond motifs is 1. The van der Waals surface area contributed by atoms with Crippen molar-refractivity contribution < 1.29 is 5.11 Å². The summed E-state index contributed by atoms with van der Waals surface area (Å²) in [7, 11) is 0. The number of hydrogen-bond donors (Lipinski definition) is 1. The lowest BCUT2D eigenvalue weighted by Crippen LogP contribution is -2.20.